The van der Waals surface area contributed by atoms with Gasteiger partial charge < -0.3 is 9.52 Å². The van der Waals surface area contributed by atoms with Gasteiger partial charge in [-0.25, -0.2) is 13.5 Å². The first-order chi connectivity index (χ1) is 16.8. The highest BCUT2D eigenvalue weighted by Gasteiger charge is 2.23. The molecule has 0 radical (unpaired) electrons. The number of carbonyl (C=O) groups excluding carboxylic acids is 1. The number of benzene rings is 2. The van der Waals surface area contributed by atoms with Gasteiger partial charge in [0.25, 0.3) is 0 Å². The van der Waals surface area contributed by atoms with Gasteiger partial charge in [-0.05, 0) is 72.7 Å². The lowest BCUT2D eigenvalue weighted by Crippen LogP contribution is -2.25. The van der Waals surface area contributed by atoms with Crippen molar-refractivity contribution in [3.8, 4) is 11.3 Å². The van der Waals surface area contributed by atoms with Crippen LogP contribution in [0.1, 0.15) is 27.2 Å². The summed E-state index contributed by atoms with van der Waals surface area (Å²) in [6, 6.07) is 16.0. The molecule has 2 aromatic carbocycles. The lowest BCUT2D eigenvalue weighted by molar-refractivity contribution is -0.109. The van der Waals surface area contributed by atoms with Gasteiger partial charge in [-0.1, -0.05) is 61.4 Å². The van der Waals surface area contributed by atoms with Crippen molar-refractivity contribution in [1.82, 2.24) is 3.71 Å². The fourth-order valence-electron chi connectivity index (χ4n) is 3.63. The monoisotopic (exact) mass is 502 g/mol. The SMILES string of the molecule is Cc1cccc(C)c1-c1ccc(C=C2/C=C/C=C\SN(S)C(=Nc3ccccc3C(=O)O)C2=O)o1. The van der Waals surface area contributed by atoms with Crippen molar-refractivity contribution >= 4 is 54.1 Å². The average molecular weight is 503 g/mol. The summed E-state index contributed by atoms with van der Waals surface area (Å²) in [6.07, 6.45) is 6.81. The number of nitrogens with zero attached hydrogens (tertiary/aromatic N) is 2. The molecule has 4 rings (SSSR count). The number of hydrogen-bond donors (Lipinski definition) is 2. The van der Waals surface area contributed by atoms with Crippen LogP contribution in [0.25, 0.3) is 17.4 Å². The van der Waals surface area contributed by atoms with E-state index in [1.807, 2.05) is 44.2 Å². The third-order valence-corrected chi connectivity index (χ3v) is 6.41. The van der Waals surface area contributed by atoms with Crippen molar-refractivity contribution in [2.24, 2.45) is 4.99 Å². The molecule has 176 valence electrons. The van der Waals surface area contributed by atoms with Crippen molar-refractivity contribution < 1.29 is 19.1 Å². The Balaban J connectivity index is 1.77. The van der Waals surface area contributed by atoms with Crippen LogP contribution in [0.2, 0.25) is 0 Å². The Kier molecular flexibility index (Phi) is 7.43. The van der Waals surface area contributed by atoms with Crippen LogP contribution in [-0.2, 0) is 4.79 Å². The van der Waals surface area contributed by atoms with E-state index in [0.717, 1.165) is 28.6 Å². The predicted octanol–water partition coefficient (Wildman–Crippen LogP) is 6.82. The van der Waals surface area contributed by atoms with E-state index in [4.69, 9.17) is 4.42 Å². The molecule has 0 bridgehead atoms. The molecule has 0 fully saturated rings. The lowest BCUT2D eigenvalue weighted by atomic mass is 10.0. The van der Waals surface area contributed by atoms with Gasteiger partial charge in [0.15, 0.2) is 5.84 Å². The summed E-state index contributed by atoms with van der Waals surface area (Å²) in [5.41, 5.74) is 3.66. The number of aryl methyl sites for hydroxylation is 2. The van der Waals surface area contributed by atoms with Crippen LogP contribution in [0.5, 0.6) is 0 Å². The van der Waals surface area contributed by atoms with E-state index in [0.29, 0.717) is 17.1 Å². The zero-order valence-electron chi connectivity index (χ0n) is 19.0. The number of thiol groups is 1. The number of carboxylic acid groups (broad SMARTS) is 1. The second-order valence-electron chi connectivity index (χ2n) is 7.72. The van der Waals surface area contributed by atoms with Crippen molar-refractivity contribution in [1.29, 1.82) is 0 Å². The third-order valence-electron chi connectivity index (χ3n) is 5.29. The molecule has 0 amide bonds. The lowest BCUT2D eigenvalue weighted by Gasteiger charge is -2.16. The maximum atomic E-state index is 13.6. The average Bonchev–Trinajstić information content (AvgIpc) is 3.30. The molecule has 2 heterocycles. The Hall–Kier alpha value is -3.75. The molecule has 1 aliphatic heterocycles. The second kappa shape index (κ2) is 10.7. The Morgan fingerprint density at radius 1 is 1.06 bits per heavy atom. The van der Waals surface area contributed by atoms with E-state index in [1.54, 1.807) is 47.9 Å². The van der Waals surface area contributed by atoms with Crippen LogP contribution < -0.4 is 0 Å². The second-order valence-corrected chi connectivity index (χ2v) is 9.24. The highest BCUT2D eigenvalue weighted by molar-refractivity contribution is 8.08. The first kappa shape index (κ1) is 24.4. The highest BCUT2D eigenvalue weighted by atomic mass is 32.2. The molecule has 0 saturated carbocycles. The molecule has 1 aromatic heterocycles. The van der Waals surface area contributed by atoms with Crippen molar-refractivity contribution in [2.45, 2.75) is 13.8 Å². The number of furan rings is 1. The van der Waals surface area contributed by atoms with Crippen LogP contribution in [0.4, 0.5) is 5.69 Å². The minimum Gasteiger partial charge on any atom is -0.478 e. The van der Waals surface area contributed by atoms with E-state index >= 15 is 0 Å². The number of carbonyl (C=O) groups is 2. The zero-order valence-corrected chi connectivity index (χ0v) is 20.7. The Bertz CT molecular complexity index is 1400. The fraction of sp³-hybridized carbons (Fsp3) is 0.0741. The molecule has 35 heavy (non-hydrogen) atoms. The number of aromatic carboxylic acids is 1. The van der Waals surface area contributed by atoms with Gasteiger partial charge in [-0.3, -0.25) is 4.79 Å². The summed E-state index contributed by atoms with van der Waals surface area (Å²) in [7, 11) is 0. The summed E-state index contributed by atoms with van der Waals surface area (Å²) >= 11 is 5.55. The van der Waals surface area contributed by atoms with Crippen molar-refractivity contribution in [3.63, 3.8) is 0 Å². The Morgan fingerprint density at radius 3 is 2.54 bits per heavy atom. The van der Waals surface area contributed by atoms with E-state index in [2.05, 4.69) is 17.8 Å². The molecule has 3 aromatic rings. The molecule has 6 nitrogen and oxygen atoms in total. The summed E-state index contributed by atoms with van der Waals surface area (Å²) < 4.78 is 7.39. The molecule has 0 spiro atoms. The molecule has 1 aliphatic rings. The number of ketones is 1. The first-order valence-electron chi connectivity index (χ1n) is 10.7. The molecule has 0 atom stereocenters. The summed E-state index contributed by atoms with van der Waals surface area (Å²) in [4.78, 5) is 29.6. The number of amidine groups is 1. The Morgan fingerprint density at radius 2 is 1.80 bits per heavy atom. The summed E-state index contributed by atoms with van der Waals surface area (Å²) in [6.45, 7) is 4.05. The van der Waals surface area contributed by atoms with Gasteiger partial charge in [-0.15, -0.1) is 0 Å². The molecule has 0 saturated heterocycles. The number of carboxylic acids is 1. The molecular weight excluding hydrogens is 480 g/mol. The normalized spacial score (nSPS) is 18.3. The summed E-state index contributed by atoms with van der Waals surface area (Å²) in [5.74, 6) is -0.386. The number of Topliss-reactive ketones (excluding diaryl/α,β-unsaturated/α-hetero) is 1. The Labute approximate surface area is 213 Å². The van der Waals surface area contributed by atoms with Crippen LogP contribution in [0, 0.1) is 13.8 Å². The minimum atomic E-state index is -1.14. The van der Waals surface area contributed by atoms with Crippen LogP contribution in [-0.4, -0.2) is 26.4 Å². The van der Waals surface area contributed by atoms with Gasteiger partial charge in [0.05, 0.1) is 11.3 Å². The quantitative estimate of drug-likeness (QED) is 0.231. The largest absolute Gasteiger partial charge is 0.478 e. The van der Waals surface area contributed by atoms with Gasteiger partial charge in [0.1, 0.15) is 11.5 Å². The van der Waals surface area contributed by atoms with Crippen molar-refractivity contribution in [3.05, 3.63) is 106 Å². The maximum Gasteiger partial charge on any atom is 0.337 e. The van der Waals surface area contributed by atoms with Crippen LogP contribution in [0.3, 0.4) is 0 Å². The summed E-state index contributed by atoms with van der Waals surface area (Å²) in [5, 5.41) is 11.3. The predicted molar refractivity (Wildman–Crippen MR) is 144 cm³/mol. The molecule has 8 heteroatoms. The van der Waals surface area contributed by atoms with Gasteiger partial charge in [0, 0.05) is 11.1 Å². The van der Waals surface area contributed by atoms with Crippen LogP contribution >= 0.6 is 24.8 Å². The van der Waals surface area contributed by atoms with E-state index < -0.39 is 11.8 Å². The number of para-hydroxylation sites is 1. The zero-order chi connectivity index (χ0) is 24.9. The van der Waals surface area contributed by atoms with E-state index in [-0.39, 0.29) is 17.1 Å². The first-order valence-corrected chi connectivity index (χ1v) is 11.9. The topological polar surface area (TPSA) is 83.1 Å². The molecule has 0 unspecified atom stereocenters. The number of allylic oxidation sites excluding steroid dienone is 3. The van der Waals surface area contributed by atoms with Crippen molar-refractivity contribution in [2.75, 3.05) is 0 Å². The smallest absolute Gasteiger partial charge is 0.337 e. The standard InChI is InChI=1S/C27H22N2O4S2/c1-17-8-7-9-18(2)24(17)23-14-13-20(33-23)16-19-10-5-6-15-35-29(34)26(25(19)30)28-22-12-4-3-11-21(22)27(31)32/h3-16,34H,1-2H3,(H,31,32)/b10-5+,15-6-,19-16?,28-26?. The van der Waals surface area contributed by atoms with Crippen LogP contribution in [0.15, 0.2) is 93.2 Å². The minimum absolute atomic E-state index is 0.0136. The highest BCUT2D eigenvalue weighted by Crippen LogP contribution is 2.30. The number of aliphatic imine (C=N–C) groups is 1. The third kappa shape index (κ3) is 5.50. The molecule has 1 N–H and O–H groups in total. The molecule has 0 aliphatic carbocycles. The van der Waals surface area contributed by atoms with E-state index in [9.17, 15) is 14.7 Å². The number of rotatable bonds is 4. The van der Waals surface area contributed by atoms with Gasteiger partial charge in [-0.2, -0.15) is 0 Å². The fourth-order valence-corrected chi connectivity index (χ4v) is 4.43. The maximum absolute atomic E-state index is 13.6. The van der Waals surface area contributed by atoms with Gasteiger partial charge >= 0.3 is 5.97 Å². The van der Waals surface area contributed by atoms with E-state index in [1.165, 1.54) is 9.78 Å². The molecular formula is C27H22N2O4S2. The number of hydrogen-bond acceptors (Lipinski definition) is 6. The van der Waals surface area contributed by atoms with Gasteiger partial charge in [0.2, 0.25) is 5.78 Å².